The lowest BCUT2D eigenvalue weighted by molar-refractivity contribution is 0.0453. The van der Waals surface area contributed by atoms with Gasteiger partial charge in [-0.05, 0) is 43.0 Å². The molecule has 1 saturated carbocycles. The first-order chi connectivity index (χ1) is 9.24. The summed E-state index contributed by atoms with van der Waals surface area (Å²) in [5.74, 6) is 0. The van der Waals surface area contributed by atoms with E-state index in [1.165, 1.54) is 12.8 Å². The van der Waals surface area contributed by atoms with Gasteiger partial charge in [0.25, 0.3) is 0 Å². The number of hydrogen-bond acceptors (Lipinski definition) is 3. The largest absolute Gasteiger partial charge is 0.384 e. The highest BCUT2D eigenvalue weighted by atomic mass is 16.3. The Bertz CT molecular complexity index is 623. The Hall–Kier alpha value is -1.45. The Morgan fingerprint density at radius 3 is 3.00 bits per heavy atom. The van der Waals surface area contributed by atoms with Gasteiger partial charge in [-0.3, -0.25) is 9.88 Å². The van der Waals surface area contributed by atoms with E-state index in [0.29, 0.717) is 0 Å². The predicted molar refractivity (Wildman–Crippen MR) is 74.9 cm³/mol. The van der Waals surface area contributed by atoms with Crippen LogP contribution in [0.5, 0.6) is 0 Å². The van der Waals surface area contributed by atoms with E-state index in [1.54, 1.807) is 6.20 Å². The third-order valence-corrected chi connectivity index (χ3v) is 4.48. The number of aromatic nitrogens is 1. The van der Waals surface area contributed by atoms with Crippen LogP contribution in [0.4, 0.5) is 0 Å². The number of rotatable bonds is 2. The minimum absolute atomic E-state index is 0.674. The molecule has 2 fully saturated rings. The lowest BCUT2D eigenvalue weighted by Gasteiger charge is -2.24. The molecule has 0 spiro atoms. The molecule has 1 aliphatic carbocycles. The van der Waals surface area contributed by atoms with Gasteiger partial charge < -0.3 is 5.11 Å². The maximum Gasteiger partial charge on any atom is 0.103 e. The Balaban J connectivity index is 1.69. The molecule has 2 aliphatic rings. The summed E-state index contributed by atoms with van der Waals surface area (Å²) in [7, 11) is 0. The summed E-state index contributed by atoms with van der Waals surface area (Å²) in [6.07, 6.45) is 5.26. The van der Waals surface area contributed by atoms with Crippen LogP contribution >= 0.6 is 0 Å². The van der Waals surface area contributed by atoms with Crippen molar-refractivity contribution in [2.45, 2.75) is 30.9 Å². The van der Waals surface area contributed by atoms with Crippen LogP contribution in [0, 0.1) is 0 Å². The number of pyridine rings is 1. The zero-order valence-electron chi connectivity index (χ0n) is 10.9. The summed E-state index contributed by atoms with van der Waals surface area (Å²) >= 11 is 0. The molecule has 1 atom stereocenters. The highest BCUT2D eigenvalue weighted by Crippen LogP contribution is 2.38. The van der Waals surface area contributed by atoms with Gasteiger partial charge in [0.05, 0.1) is 5.52 Å². The topological polar surface area (TPSA) is 36.4 Å². The Morgan fingerprint density at radius 1 is 1.26 bits per heavy atom. The lowest BCUT2D eigenvalue weighted by atomic mass is 9.92. The molecule has 4 rings (SSSR count). The highest BCUT2D eigenvalue weighted by Gasteiger charge is 2.42. The first kappa shape index (κ1) is 11.4. The number of β-amino-alcohol motifs (C(OH)–C–C–N with tert-alkyl or cyclic N) is 1. The third-order valence-electron chi connectivity index (χ3n) is 4.48. The van der Waals surface area contributed by atoms with E-state index in [4.69, 9.17) is 0 Å². The molecule has 3 heteroatoms. The molecule has 1 N–H and O–H groups in total. The lowest BCUT2D eigenvalue weighted by Crippen LogP contribution is -2.31. The van der Waals surface area contributed by atoms with Gasteiger partial charge >= 0.3 is 0 Å². The average molecular weight is 254 g/mol. The van der Waals surface area contributed by atoms with Crippen molar-refractivity contribution in [3.63, 3.8) is 0 Å². The fourth-order valence-electron chi connectivity index (χ4n) is 3.17. The van der Waals surface area contributed by atoms with Crippen LogP contribution < -0.4 is 0 Å². The van der Waals surface area contributed by atoms with Crippen LogP contribution in [-0.2, 0) is 5.60 Å². The normalized spacial score (nSPS) is 28.1. The van der Waals surface area contributed by atoms with Gasteiger partial charge in [-0.15, -0.1) is 0 Å². The summed E-state index contributed by atoms with van der Waals surface area (Å²) in [5, 5.41) is 12.0. The zero-order valence-corrected chi connectivity index (χ0v) is 10.9. The van der Waals surface area contributed by atoms with Gasteiger partial charge in [-0.2, -0.15) is 0 Å². The van der Waals surface area contributed by atoms with E-state index in [1.807, 2.05) is 18.2 Å². The van der Waals surface area contributed by atoms with Crippen molar-refractivity contribution in [3.8, 4) is 0 Å². The number of benzene rings is 1. The molecule has 2 heterocycles. The van der Waals surface area contributed by atoms with Crippen LogP contribution in [0.15, 0.2) is 36.5 Å². The van der Waals surface area contributed by atoms with Crippen LogP contribution in [0.1, 0.15) is 24.8 Å². The number of hydrogen-bond donors (Lipinski definition) is 1. The standard InChI is InChI=1S/C16H18N2O/c19-16(7-9-18(11-16)14-4-5-14)13-3-6-15-12(10-13)2-1-8-17-15/h1-3,6,8,10,14,19H,4-5,7,9,11H2. The highest BCUT2D eigenvalue weighted by molar-refractivity contribution is 5.79. The minimum atomic E-state index is -0.674. The van der Waals surface area contributed by atoms with E-state index in [2.05, 4.69) is 22.0 Å². The molecule has 1 aliphatic heterocycles. The molecule has 0 amide bonds. The zero-order chi connectivity index (χ0) is 12.9. The van der Waals surface area contributed by atoms with Crippen molar-refractivity contribution in [1.29, 1.82) is 0 Å². The van der Waals surface area contributed by atoms with Crippen molar-refractivity contribution >= 4 is 10.9 Å². The number of nitrogens with zero attached hydrogens (tertiary/aromatic N) is 2. The van der Waals surface area contributed by atoms with E-state index in [0.717, 1.165) is 42.0 Å². The first-order valence-corrected chi connectivity index (χ1v) is 7.06. The molecule has 0 radical (unpaired) electrons. The molecule has 1 unspecified atom stereocenters. The monoisotopic (exact) mass is 254 g/mol. The molecule has 2 aromatic rings. The molecule has 1 aromatic heterocycles. The minimum Gasteiger partial charge on any atom is -0.384 e. The van der Waals surface area contributed by atoms with Crippen LogP contribution in [-0.4, -0.2) is 34.1 Å². The summed E-state index contributed by atoms with van der Waals surface area (Å²) in [4.78, 5) is 6.77. The molecular formula is C16H18N2O. The summed E-state index contributed by atoms with van der Waals surface area (Å²) in [5.41, 5.74) is 1.36. The fourth-order valence-corrected chi connectivity index (χ4v) is 3.17. The quantitative estimate of drug-likeness (QED) is 0.893. The summed E-state index contributed by atoms with van der Waals surface area (Å²) in [6.45, 7) is 1.80. The Kier molecular flexibility index (Phi) is 2.41. The maximum absolute atomic E-state index is 10.9. The van der Waals surface area contributed by atoms with E-state index >= 15 is 0 Å². The predicted octanol–water partition coefficient (Wildman–Crippen LogP) is 2.29. The Morgan fingerprint density at radius 2 is 2.16 bits per heavy atom. The first-order valence-electron chi connectivity index (χ1n) is 7.06. The van der Waals surface area contributed by atoms with Gasteiger partial charge in [0, 0.05) is 30.7 Å². The molecule has 3 nitrogen and oxygen atoms in total. The average Bonchev–Trinajstić information content (AvgIpc) is 3.22. The van der Waals surface area contributed by atoms with Crippen molar-refractivity contribution in [1.82, 2.24) is 9.88 Å². The summed E-state index contributed by atoms with van der Waals surface area (Å²) < 4.78 is 0. The van der Waals surface area contributed by atoms with Crippen LogP contribution in [0.2, 0.25) is 0 Å². The molecule has 98 valence electrons. The SMILES string of the molecule is OC1(c2ccc3ncccc3c2)CCN(C2CC2)C1. The van der Waals surface area contributed by atoms with Gasteiger partial charge in [0.2, 0.25) is 0 Å². The second-order valence-electron chi connectivity index (χ2n) is 5.89. The van der Waals surface area contributed by atoms with Gasteiger partial charge in [0.1, 0.15) is 5.60 Å². The number of likely N-dealkylation sites (tertiary alicyclic amines) is 1. The Labute approximate surface area is 112 Å². The third kappa shape index (κ3) is 1.94. The van der Waals surface area contributed by atoms with Crippen molar-refractivity contribution < 1.29 is 5.11 Å². The van der Waals surface area contributed by atoms with Crippen LogP contribution in [0.3, 0.4) is 0 Å². The van der Waals surface area contributed by atoms with E-state index < -0.39 is 5.60 Å². The molecule has 1 aromatic carbocycles. The molecule has 1 saturated heterocycles. The fraction of sp³-hybridized carbons (Fsp3) is 0.438. The second kappa shape index (κ2) is 4.02. The van der Waals surface area contributed by atoms with Crippen molar-refractivity contribution in [2.75, 3.05) is 13.1 Å². The van der Waals surface area contributed by atoms with Crippen molar-refractivity contribution in [3.05, 3.63) is 42.1 Å². The van der Waals surface area contributed by atoms with E-state index in [9.17, 15) is 5.11 Å². The van der Waals surface area contributed by atoms with E-state index in [-0.39, 0.29) is 0 Å². The second-order valence-corrected chi connectivity index (χ2v) is 5.89. The molecule has 0 bridgehead atoms. The van der Waals surface area contributed by atoms with Gasteiger partial charge in [-0.1, -0.05) is 12.1 Å². The molecule has 19 heavy (non-hydrogen) atoms. The van der Waals surface area contributed by atoms with Gasteiger partial charge in [-0.25, -0.2) is 0 Å². The maximum atomic E-state index is 10.9. The van der Waals surface area contributed by atoms with Crippen LogP contribution in [0.25, 0.3) is 10.9 Å². The number of aliphatic hydroxyl groups is 1. The summed E-state index contributed by atoms with van der Waals surface area (Å²) in [6, 6.07) is 10.9. The van der Waals surface area contributed by atoms with Crippen molar-refractivity contribution in [2.24, 2.45) is 0 Å². The smallest absolute Gasteiger partial charge is 0.103 e. The number of fused-ring (bicyclic) bond motifs is 1. The van der Waals surface area contributed by atoms with Gasteiger partial charge in [0.15, 0.2) is 0 Å². The molecular weight excluding hydrogens is 236 g/mol.